The van der Waals surface area contributed by atoms with Crippen LogP contribution in [0.3, 0.4) is 0 Å². The molecule has 4 saturated carbocycles. The smallest absolute Gasteiger partial charge is 0.321 e. The average Bonchev–Trinajstić information content (AvgIpc) is 2.59. The summed E-state index contributed by atoms with van der Waals surface area (Å²) >= 11 is 0. The van der Waals surface area contributed by atoms with E-state index in [1.165, 1.54) is 42.4 Å². The summed E-state index contributed by atoms with van der Waals surface area (Å²) in [4.78, 5) is 38.2. The van der Waals surface area contributed by atoms with E-state index in [1.807, 2.05) is 0 Å². The number of nitrogens with zero attached hydrogens (tertiary/aromatic N) is 1. The Kier molecular flexibility index (Phi) is 5.77. The standard InChI is InChI=1S/C22H29FN4O3/c1-27(12-19(28)24-18-4-2-3-17(23)8-18)13-20(29)25-21(30)26-22-9-14-5-15(10-22)7-16(6-14)11-22/h2-4,8,14-16H,5-7,9-13H2,1H3,(H,24,28)(H2,25,26,29,30). The van der Waals surface area contributed by atoms with Gasteiger partial charge in [0.15, 0.2) is 0 Å². The number of hydrogen-bond acceptors (Lipinski definition) is 4. The fourth-order valence-electron chi connectivity index (χ4n) is 6.01. The van der Waals surface area contributed by atoms with Gasteiger partial charge in [-0.05, 0) is 81.5 Å². The van der Waals surface area contributed by atoms with Crippen LogP contribution < -0.4 is 16.0 Å². The highest BCUT2D eigenvalue weighted by molar-refractivity contribution is 5.96. The second-order valence-electron chi connectivity index (χ2n) is 9.43. The van der Waals surface area contributed by atoms with E-state index >= 15 is 0 Å². The Morgan fingerprint density at radius 1 is 1.03 bits per heavy atom. The molecule has 0 aliphatic heterocycles. The van der Waals surface area contributed by atoms with Gasteiger partial charge in [0.05, 0.1) is 13.1 Å². The third-order valence-electron chi connectivity index (χ3n) is 6.61. The fourth-order valence-corrected chi connectivity index (χ4v) is 6.01. The molecule has 4 amide bonds. The molecule has 5 rings (SSSR count). The molecule has 1 aromatic rings. The number of imide groups is 1. The Morgan fingerprint density at radius 2 is 1.63 bits per heavy atom. The molecule has 0 heterocycles. The van der Waals surface area contributed by atoms with Crippen LogP contribution in [0.15, 0.2) is 24.3 Å². The molecule has 0 saturated heterocycles. The van der Waals surface area contributed by atoms with Crippen molar-refractivity contribution in [2.24, 2.45) is 17.8 Å². The highest BCUT2D eigenvalue weighted by Crippen LogP contribution is 2.55. The summed E-state index contributed by atoms with van der Waals surface area (Å²) in [6, 6.07) is 5.16. The van der Waals surface area contributed by atoms with E-state index in [-0.39, 0.29) is 24.5 Å². The van der Waals surface area contributed by atoms with Crippen molar-refractivity contribution in [2.75, 3.05) is 25.5 Å². The predicted octanol–water partition coefficient (Wildman–Crippen LogP) is 2.49. The number of likely N-dealkylation sites (N-methyl/N-ethyl adjacent to an activating group) is 1. The topological polar surface area (TPSA) is 90.5 Å². The number of anilines is 1. The normalized spacial score (nSPS) is 29.0. The van der Waals surface area contributed by atoms with Gasteiger partial charge < -0.3 is 10.6 Å². The molecule has 0 spiro atoms. The van der Waals surface area contributed by atoms with Crippen molar-refractivity contribution in [1.29, 1.82) is 0 Å². The van der Waals surface area contributed by atoms with E-state index in [4.69, 9.17) is 0 Å². The van der Waals surface area contributed by atoms with Gasteiger partial charge >= 0.3 is 6.03 Å². The number of rotatable bonds is 6. The molecule has 3 N–H and O–H groups in total. The van der Waals surface area contributed by atoms with Crippen molar-refractivity contribution >= 4 is 23.5 Å². The predicted molar refractivity (Wildman–Crippen MR) is 110 cm³/mol. The van der Waals surface area contributed by atoms with E-state index in [2.05, 4.69) is 16.0 Å². The molecule has 8 heteroatoms. The highest BCUT2D eigenvalue weighted by Gasteiger charge is 2.51. The second-order valence-corrected chi connectivity index (χ2v) is 9.43. The van der Waals surface area contributed by atoms with Crippen LogP contribution in [0.5, 0.6) is 0 Å². The highest BCUT2D eigenvalue weighted by atomic mass is 19.1. The lowest BCUT2D eigenvalue weighted by Crippen LogP contribution is -2.62. The zero-order valence-electron chi connectivity index (χ0n) is 17.2. The van der Waals surface area contributed by atoms with Gasteiger partial charge in [-0.15, -0.1) is 0 Å². The number of carbonyl (C=O) groups excluding carboxylic acids is 3. The van der Waals surface area contributed by atoms with Gasteiger partial charge in [-0.2, -0.15) is 0 Å². The Hall–Kier alpha value is -2.48. The Balaban J connectivity index is 1.21. The maximum atomic E-state index is 13.2. The first kappa shape index (κ1) is 20.8. The lowest BCUT2D eigenvalue weighted by Gasteiger charge is -2.56. The molecule has 0 aromatic heterocycles. The lowest BCUT2D eigenvalue weighted by atomic mass is 9.53. The molecule has 1 aromatic carbocycles. The van der Waals surface area contributed by atoms with Gasteiger partial charge in [0.1, 0.15) is 5.82 Å². The van der Waals surface area contributed by atoms with Crippen molar-refractivity contribution in [3.05, 3.63) is 30.1 Å². The molecule has 0 atom stereocenters. The number of halogens is 1. The SMILES string of the molecule is CN(CC(=O)NC(=O)NC12CC3CC(CC(C3)C1)C2)CC(=O)Nc1cccc(F)c1. The summed E-state index contributed by atoms with van der Waals surface area (Å²) in [6.45, 7) is -0.147. The maximum Gasteiger partial charge on any atom is 0.321 e. The minimum atomic E-state index is -0.460. The van der Waals surface area contributed by atoms with Gasteiger partial charge in [-0.3, -0.25) is 19.8 Å². The lowest BCUT2D eigenvalue weighted by molar-refractivity contribution is -0.122. The minimum absolute atomic E-state index is 0.0550. The molecule has 7 nitrogen and oxygen atoms in total. The third kappa shape index (κ3) is 4.98. The third-order valence-corrected chi connectivity index (χ3v) is 6.61. The number of hydrogen-bond donors (Lipinski definition) is 3. The number of urea groups is 1. The Morgan fingerprint density at radius 3 is 2.23 bits per heavy atom. The summed E-state index contributed by atoms with van der Waals surface area (Å²) in [5.74, 6) is 0.845. The molecule has 30 heavy (non-hydrogen) atoms. The van der Waals surface area contributed by atoms with Crippen molar-refractivity contribution in [2.45, 2.75) is 44.1 Å². The first-order valence-corrected chi connectivity index (χ1v) is 10.6. The van der Waals surface area contributed by atoms with E-state index in [9.17, 15) is 18.8 Å². The van der Waals surface area contributed by atoms with Gasteiger partial charge in [0.25, 0.3) is 0 Å². The number of benzene rings is 1. The summed E-state index contributed by atoms with van der Waals surface area (Å²) in [5.41, 5.74) is 0.198. The number of carbonyl (C=O) groups is 3. The number of nitrogens with one attached hydrogen (secondary N) is 3. The molecule has 4 aliphatic rings. The molecule has 162 valence electrons. The summed E-state index contributed by atoms with van der Waals surface area (Å²) in [7, 11) is 1.61. The van der Waals surface area contributed by atoms with Gasteiger partial charge in [-0.1, -0.05) is 6.07 Å². The van der Waals surface area contributed by atoms with Crippen LogP contribution in [-0.2, 0) is 9.59 Å². The summed E-state index contributed by atoms with van der Waals surface area (Å²) < 4.78 is 13.2. The quantitative estimate of drug-likeness (QED) is 0.665. The fraction of sp³-hybridized carbons (Fsp3) is 0.591. The molecule has 0 radical (unpaired) electrons. The largest absolute Gasteiger partial charge is 0.332 e. The zero-order chi connectivity index (χ0) is 21.3. The van der Waals surface area contributed by atoms with E-state index in [0.29, 0.717) is 23.4 Å². The van der Waals surface area contributed by atoms with E-state index in [0.717, 1.165) is 19.3 Å². The Labute approximate surface area is 175 Å². The molecule has 0 unspecified atom stereocenters. The monoisotopic (exact) mass is 416 g/mol. The van der Waals surface area contributed by atoms with Crippen molar-refractivity contribution in [1.82, 2.24) is 15.5 Å². The van der Waals surface area contributed by atoms with E-state index < -0.39 is 17.8 Å². The zero-order valence-corrected chi connectivity index (χ0v) is 17.2. The summed E-state index contributed by atoms with van der Waals surface area (Å²) in [6.07, 6.45) is 6.89. The second kappa shape index (κ2) is 8.34. The van der Waals surface area contributed by atoms with E-state index in [1.54, 1.807) is 13.1 Å². The average molecular weight is 416 g/mol. The van der Waals surface area contributed by atoms with Gasteiger partial charge in [0, 0.05) is 11.2 Å². The maximum absolute atomic E-state index is 13.2. The van der Waals surface area contributed by atoms with Crippen LogP contribution >= 0.6 is 0 Å². The van der Waals surface area contributed by atoms with Crippen LogP contribution in [-0.4, -0.2) is 48.4 Å². The van der Waals surface area contributed by atoms with Crippen LogP contribution in [0.1, 0.15) is 38.5 Å². The van der Waals surface area contributed by atoms with Crippen LogP contribution in [0.25, 0.3) is 0 Å². The minimum Gasteiger partial charge on any atom is -0.332 e. The molecule has 4 aliphatic carbocycles. The first-order valence-electron chi connectivity index (χ1n) is 10.6. The van der Waals surface area contributed by atoms with Crippen LogP contribution in [0.2, 0.25) is 0 Å². The van der Waals surface area contributed by atoms with Crippen molar-refractivity contribution in [3.63, 3.8) is 0 Å². The molecular formula is C22H29FN4O3. The van der Waals surface area contributed by atoms with Crippen molar-refractivity contribution < 1.29 is 18.8 Å². The van der Waals surface area contributed by atoms with Crippen LogP contribution in [0.4, 0.5) is 14.9 Å². The van der Waals surface area contributed by atoms with Crippen LogP contribution in [0, 0.1) is 23.6 Å². The molecular weight excluding hydrogens is 387 g/mol. The number of amides is 4. The van der Waals surface area contributed by atoms with Gasteiger partial charge in [0.2, 0.25) is 11.8 Å². The summed E-state index contributed by atoms with van der Waals surface area (Å²) in [5, 5.41) is 8.09. The Bertz CT molecular complexity index is 808. The first-order chi connectivity index (χ1) is 14.3. The van der Waals surface area contributed by atoms with Gasteiger partial charge in [-0.25, -0.2) is 9.18 Å². The molecule has 4 fully saturated rings. The van der Waals surface area contributed by atoms with Crippen molar-refractivity contribution in [3.8, 4) is 0 Å². The molecule has 4 bridgehead atoms.